The minimum atomic E-state index is -1.17. The Bertz CT molecular complexity index is 654. The highest BCUT2D eigenvalue weighted by Crippen LogP contribution is 2.28. The maximum Gasteiger partial charge on any atom is 0.413 e. The fourth-order valence-electron chi connectivity index (χ4n) is 1.77. The maximum atomic E-state index is 11.8. The summed E-state index contributed by atoms with van der Waals surface area (Å²) in [6.45, 7) is 2.79. The summed E-state index contributed by atoms with van der Waals surface area (Å²) < 4.78 is 19.7. The van der Waals surface area contributed by atoms with Crippen LogP contribution in [0, 0.1) is 0 Å². The number of benzene rings is 1. The van der Waals surface area contributed by atoms with Gasteiger partial charge in [0.25, 0.3) is 5.91 Å². The molecule has 8 heteroatoms. The molecule has 0 saturated heterocycles. The average molecular weight is 351 g/mol. The molecule has 2 amide bonds. The monoisotopic (exact) mass is 351 g/mol. The Morgan fingerprint density at radius 3 is 2.52 bits per heavy atom. The smallest absolute Gasteiger partial charge is 0.413 e. The lowest BCUT2D eigenvalue weighted by Crippen LogP contribution is -2.40. The van der Waals surface area contributed by atoms with Gasteiger partial charge in [0.1, 0.15) is 0 Å². The van der Waals surface area contributed by atoms with E-state index in [-0.39, 0.29) is 0 Å². The van der Waals surface area contributed by atoms with E-state index in [0.29, 0.717) is 11.5 Å². The first-order chi connectivity index (χ1) is 11.9. The number of allylic oxidation sites excluding steroid dienone is 1. The molecule has 0 fully saturated rings. The number of nitrogens with one attached hydrogen (secondary N) is 1. The van der Waals surface area contributed by atoms with Gasteiger partial charge in [-0.15, -0.1) is 0 Å². The minimum absolute atomic E-state index is 0.361. The number of hydrogen-bond donors (Lipinski definition) is 1. The summed E-state index contributed by atoms with van der Waals surface area (Å²) in [5.41, 5.74) is 0.919. The van der Waals surface area contributed by atoms with Gasteiger partial charge in [-0.25, -0.2) is 9.59 Å². The first-order valence-corrected chi connectivity index (χ1v) is 7.43. The summed E-state index contributed by atoms with van der Waals surface area (Å²) >= 11 is 0. The van der Waals surface area contributed by atoms with Crippen molar-refractivity contribution in [3.8, 4) is 11.5 Å². The number of methoxy groups -OCH3 is 2. The molecule has 136 valence electrons. The second-order valence-electron chi connectivity index (χ2n) is 4.81. The normalized spacial score (nSPS) is 11.5. The molecular weight excluding hydrogens is 330 g/mol. The summed E-state index contributed by atoms with van der Waals surface area (Å²) in [5.74, 6) is -0.750. The summed E-state index contributed by atoms with van der Waals surface area (Å²) in [5, 5.41) is 1.90. The third kappa shape index (κ3) is 6.54. The van der Waals surface area contributed by atoms with Gasteiger partial charge in [0, 0.05) is 0 Å². The van der Waals surface area contributed by atoms with Crippen LogP contribution in [-0.2, 0) is 19.1 Å². The number of ether oxygens (including phenoxy) is 4. The molecule has 0 unspecified atom stereocenters. The van der Waals surface area contributed by atoms with Gasteiger partial charge in [-0.05, 0) is 31.5 Å². The molecule has 1 N–H and O–H groups in total. The highest BCUT2D eigenvalue weighted by molar-refractivity contribution is 5.95. The molecule has 1 aromatic carbocycles. The average Bonchev–Trinajstić information content (AvgIpc) is 2.60. The van der Waals surface area contributed by atoms with E-state index in [1.807, 2.05) is 24.4 Å². The van der Waals surface area contributed by atoms with Gasteiger partial charge < -0.3 is 18.9 Å². The van der Waals surface area contributed by atoms with Crippen LogP contribution in [0.15, 0.2) is 24.3 Å². The van der Waals surface area contributed by atoms with E-state index in [1.165, 1.54) is 14.0 Å². The Labute approximate surface area is 145 Å². The van der Waals surface area contributed by atoms with E-state index in [1.54, 1.807) is 18.2 Å². The number of imide groups is 1. The SMILES string of the molecule is C/C=C/c1ccc(OCC(=O)O[C@@H](C)C(=O)NC(=O)OC)c(OC)c1. The van der Waals surface area contributed by atoms with Gasteiger partial charge in [-0.3, -0.25) is 10.1 Å². The summed E-state index contributed by atoms with van der Waals surface area (Å²) in [7, 11) is 2.60. The van der Waals surface area contributed by atoms with Crippen LogP contribution in [0.2, 0.25) is 0 Å². The predicted octanol–water partition coefficient (Wildman–Crippen LogP) is 1.92. The number of hydrogen-bond acceptors (Lipinski definition) is 7. The van der Waals surface area contributed by atoms with Crippen molar-refractivity contribution < 1.29 is 33.3 Å². The number of alkyl carbamates (subject to hydrolysis) is 1. The Kier molecular flexibility index (Phi) is 7.98. The van der Waals surface area contributed by atoms with Crippen molar-refractivity contribution in [1.82, 2.24) is 5.32 Å². The van der Waals surface area contributed by atoms with E-state index < -0.39 is 30.7 Å². The molecular formula is C17H21NO7. The third-order valence-electron chi connectivity index (χ3n) is 2.98. The third-order valence-corrected chi connectivity index (χ3v) is 2.98. The molecule has 0 aliphatic rings. The fourth-order valence-corrected chi connectivity index (χ4v) is 1.77. The largest absolute Gasteiger partial charge is 0.493 e. The van der Waals surface area contributed by atoms with E-state index in [0.717, 1.165) is 12.7 Å². The molecule has 1 atom stereocenters. The number of esters is 1. The quantitative estimate of drug-likeness (QED) is 0.749. The zero-order valence-electron chi connectivity index (χ0n) is 14.5. The number of carbonyl (C=O) groups is 3. The molecule has 25 heavy (non-hydrogen) atoms. The topological polar surface area (TPSA) is 100 Å². The number of rotatable bonds is 7. The van der Waals surface area contributed by atoms with Gasteiger partial charge in [-0.2, -0.15) is 0 Å². The summed E-state index contributed by atoms with van der Waals surface area (Å²) in [6.07, 6.45) is 1.67. The molecule has 0 aromatic heterocycles. The number of amides is 2. The van der Waals surface area contributed by atoms with Gasteiger partial charge >= 0.3 is 12.1 Å². The molecule has 1 rings (SSSR count). The van der Waals surface area contributed by atoms with Crippen LogP contribution in [0.1, 0.15) is 19.4 Å². The van der Waals surface area contributed by atoms with Crippen molar-refractivity contribution in [2.45, 2.75) is 20.0 Å². The van der Waals surface area contributed by atoms with Crippen LogP contribution < -0.4 is 14.8 Å². The molecule has 0 spiro atoms. The van der Waals surface area contributed by atoms with Gasteiger partial charge in [0.2, 0.25) is 0 Å². The van der Waals surface area contributed by atoms with Crippen molar-refractivity contribution in [3.63, 3.8) is 0 Å². The summed E-state index contributed by atoms with van der Waals surface area (Å²) in [6, 6.07) is 5.22. The van der Waals surface area contributed by atoms with E-state index in [2.05, 4.69) is 4.74 Å². The van der Waals surface area contributed by atoms with E-state index in [4.69, 9.17) is 14.2 Å². The van der Waals surface area contributed by atoms with Crippen LogP contribution in [0.25, 0.3) is 6.08 Å². The maximum absolute atomic E-state index is 11.8. The lowest BCUT2D eigenvalue weighted by atomic mass is 10.2. The lowest BCUT2D eigenvalue weighted by molar-refractivity contribution is -0.156. The van der Waals surface area contributed by atoms with Crippen LogP contribution >= 0.6 is 0 Å². The van der Waals surface area contributed by atoms with Crippen molar-refractivity contribution in [1.29, 1.82) is 0 Å². The molecule has 0 heterocycles. The highest BCUT2D eigenvalue weighted by Gasteiger charge is 2.20. The fraction of sp³-hybridized carbons (Fsp3) is 0.353. The summed E-state index contributed by atoms with van der Waals surface area (Å²) in [4.78, 5) is 34.3. The molecule has 0 aliphatic carbocycles. The standard InChI is InChI=1S/C17H21NO7/c1-5-6-12-7-8-13(14(9-12)22-3)24-10-15(19)25-11(2)16(20)18-17(21)23-4/h5-9,11H,10H2,1-4H3,(H,18,20,21)/b6-5+/t11-/m0/s1. The molecule has 0 bridgehead atoms. The molecule has 8 nitrogen and oxygen atoms in total. The van der Waals surface area contributed by atoms with Crippen LogP contribution in [-0.4, -0.2) is 44.9 Å². The first-order valence-electron chi connectivity index (χ1n) is 7.43. The zero-order valence-corrected chi connectivity index (χ0v) is 14.5. The first kappa shape index (κ1) is 20.0. The molecule has 0 aliphatic heterocycles. The van der Waals surface area contributed by atoms with Crippen LogP contribution in [0.5, 0.6) is 11.5 Å². The Hall–Kier alpha value is -3.03. The van der Waals surface area contributed by atoms with Crippen LogP contribution in [0.3, 0.4) is 0 Å². The van der Waals surface area contributed by atoms with Crippen LogP contribution in [0.4, 0.5) is 4.79 Å². The Morgan fingerprint density at radius 2 is 1.92 bits per heavy atom. The predicted molar refractivity (Wildman–Crippen MR) is 89.3 cm³/mol. The van der Waals surface area contributed by atoms with Crippen molar-refractivity contribution in [3.05, 3.63) is 29.8 Å². The number of carbonyl (C=O) groups excluding carboxylic acids is 3. The minimum Gasteiger partial charge on any atom is -0.493 e. The van der Waals surface area contributed by atoms with Crippen molar-refractivity contribution in [2.24, 2.45) is 0 Å². The zero-order chi connectivity index (χ0) is 18.8. The second-order valence-corrected chi connectivity index (χ2v) is 4.81. The molecule has 1 aromatic rings. The Morgan fingerprint density at radius 1 is 1.20 bits per heavy atom. The second kappa shape index (κ2) is 9.96. The molecule has 0 saturated carbocycles. The molecule has 0 radical (unpaired) electrons. The van der Waals surface area contributed by atoms with E-state index in [9.17, 15) is 14.4 Å². The van der Waals surface area contributed by atoms with Gasteiger partial charge in [0.15, 0.2) is 24.2 Å². The van der Waals surface area contributed by atoms with E-state index >= 15 is 0 Å². The lowest BCUT2D eigenvalue weighted by Gasteiger charge is -2.14. The van der Waals surface area contributed by atoms with Gasteiger partial charge in [-0.1, -0.05) is 18.2 Å². The Balaban J connectivity index is 2.58. The van der Waals surface area contributed by atoms with Crippen molar-refractivity contribution >= 4 is 24.0 Å². The van der Waals surface area contributed by atoms with Crippen molar-refractivity contribution in [2.75, 3.05) is 20.8 Å². The van der Waals surface area contributed by atoms with Gasteiger partial charge in [0.05, 0.1) is 14.2 Å². The highest BCUT2D eigenvalue weighted by atomic mass is 16.6.